The van der Waals surface area contributed by atoms with Crippen LogP contribution < -0.4 is 10.2 Å². The Morgan fingerprint density at radius 3 is 2.79 bits per heavy atom. The van der Waals surface area contributed by atoms with Crippen molar-refractivity contribution in [3.05, 3.63) is 30.1 Å². The van der Waals surface area contributed by atoms with Gasteiger partial charge in [0.1, 0.15) is 0 Å². The first-order chi connectivity index (χ1) is 9.28. The van der Waals surface area contributed by atoms with Gasteiger partial charge in [-0.2, -0.15) is 0 Å². The standard InChI is InChI=1S/C15H22N4/c1-3-8-19(14-6-7-14)15-17-10-12(11(2)18-15)9-16-13-4-5-13/h3,10,13-14,16H,1,4-9H2,2H3. The van der Waals surface area contributed by atoms with Gasteiger partial charge in [-0.15, -0.1) is 6.58 Å². The zero-order valence-electron chi connectivity index (χ0n) is 11.6. The highest BCUT2D eigenvalue weighted by atomic mass is 15.3. The molecule has 2 aliphatic carbocycles. The Balaban J connectivity index is 1.70. The number of nitrogens with one attached hydrogen (secondary N) is 1. The molecule has 0 unspecified atom stereocenters. The fourth-order valence-electron chi connectivity index (χ4n) is 2.25. The zero-order chi connectivity index (χ0) is 13.2. The van der Waals surface area contributed by atoms with E-state index in [1.165, 1.54) is 31.2 Å². The van der Waals surface area contributed by atoms with Crippen molar-refractivity contribution < 1.29 is 0 Å². The van der Waals surface area contributed by atoms with Gasteiger partial charge in [-0.3, -0.25) is 0 Å². The number of anilines is 1. The molecule has 0 saturated heterocycles. The quantitative estimate of drug-likeness (QED) is 0.761. The molecule has 102 valence electrons. The van der Waals surface area contributed by atoms with Crippen LogP contribution in [0.2, 0.25) is 0 Å². The Morgan fingerprint density at radius 2 is 2.21 bits per heavy atom. The summed E-state index contributed by atoms with van der Waals surface area (Å²) in [5, 5.41) is 3.51. The van der Waals surface area contributed by atoms with Gasteiger partial charge in [0, 0.05) is 42.6 Å². The van der Waals surface area contributed by atoms with Gasteiger partial charge in [-0.05, 0) is 32.6 Å². The summed E-state index contributed by atoms with van der Waals surface area (Å²) < 4.78 is 0. The minimum atomic E-state index is 0.618. The third kappa shape index (κ3) is 3.13. The van der Waals surface area contributed by atoms with E-state index in [1.54, 1.807) is 0 Å². The molecule has 1 aromatic heterocycles. The first-order valence-corrected chi connectivity index (χ1v) is 7.21. The van der Waals surface area contributed by atoms with Gasteiger partial charge in [0.05, 0.1) is 0 Å². The molecule has 0 aromatic carbocycles. The van der Waals surface area contributed by atoms with Gasteiger partial charge in [0.25, 0.3) is 0 Å². The Kier molecular flexibility index (Phi) is 3.51. The molecule has 19 heavy (non-hydrogen) atoms. The molecule has 1 aromatic rings. The average molecular weight is 258 g/mol. The van der Waals surface area contributed by atoms with E-state index in [1.807, 2.05) is 12.3 Å². The van der Waals surface area contributed by atoms with Gasteiger partial charge < -0.3 is 10.2 Å². The minimum Gasteiger partial charge on any atom is -0.334 e. The number of aryl methyl sites for hydroxylation is 1. The highest BCUT2D eigenvalue weighted by Gasteiger charge is 2.30. The largest absolute Gasteiger partial charge is 0.334 e. The third-order valence-electron chi connectivity index (χ3n) is 3.80. The summed E-state index contributed by atoms with van der Waals surface area (Å²) in [6, 6.07) is 1.34. The van der Waals surface area contributed by atoms with Crippen LogP contribution in [-0.2, 0) is 6.54 Å². The first kappa shape index (κ1) is 12.6. The van der Waals surface area contributed by atoms with Crippen molar-refractivity contribution in [2.24, 2.45) is 0 Å². The highest BCUT2D eigenvalue weighted by Crippen LogP contribution is 2.29. The lowest BCUT2D eigenvalue weighted by molar-refractivity contribution is 0.677. The predicted molar refractivity (Wildman–Crippen MR) is 77.2 cm³/mol. The zero-order valence-corrected chi connectivity index (χ0v) is 11.6. The third-order valence-corrected chi connectivity index (χ3v) is 3.80. The maximum atomic E-state index is 4.68. The van der Waals surface area contributed by atoms with Crippen molar-refractivity contribution in [2.75, 3.05) is 11.4 Å². The van der Waals surface area contributed by atoms with Gasteiger partial charge in [-0.25, -0.2) is 9.97 Å². The Labute approximate surface area is 114 Å². The van der Waals surface area contributed by atoms with Gasteiger partial charge in [0.15, 0.2) is 0 Å². The normalized spacial score (nSPS) is 18.4. The van der Waals surface area contributed by atoms with Gasteiger partial charge >= 0.3 is 0 Å². The van der Waals surface area contributed by atoms with Crippen molar-refractivity contribution in [2.45, 2.75) is 51.2 Å². The van der Waals surface area contributed by atoms with E-state index in [2.05, 4.69) is 33.7 Å². The Bertz CT molecular complexity index is 463. The summed E-state index contributed by atoms with van der Waals surface area (Å²) in [5.41, 5.74) is 2.30. The molecule has 1 N–H and O–H groups in total. The molecule has 1 heterocycles. The molecule has 2 fully saturated rings. The molecule has 0 radical (unpaired) electrons. The van der Waals surface area contributed by atoms with Crippen LogP contribution in [0.15, 0.2) is 18.9 Å². The second-order valence-corrected chi connectivity index (χ2v) is 5.61. The molecule has 2 aliphatic rings. The van der Waals surface area contributed by atoms with Gasteiger partial charge in [-0.1, -0.05) is 6.08 Å². The molecule has 0 bridgehead atoms. The van der Waals surface area contributed by atoms with Crippen molar-refractivity contribution in [3.8, 4) is 0 Å². The van der Waals surface area contributed by atoms with E-state index in [9.17, 15) is 0 Å². The fourth-order valence-corrected chi connectivity index (χ4v) is 2.25. The van der Waals surface area contributed by atoms with Crippen molar-refractivity contribution in [1.82, 2.24) is 15.3 Å². The summed E-state index contributed by atoms with van der Waals surface area (Å²) in [7, 11) is 0. The average Bonchev–Trinajstić information content (AvgIpc) is 3.28. The fraction of sp³-hybridized carbons (Fsp3) is 0.600. The summed E-state index contributed by atoms with van der Waals surface area (Å²) in [6.07, 6.45) is 9.03. The van der Waals surface area contributed by atoms with Crippen LogP contribution in [0.5, 0.6) is 0 Å². The van der Waals surface area contributed by atoms with Crippen LogP contribution in [0.1, 0.15) is 36.9 Å². The molecular weight excluding hydrogens is 236 g/mol. The number of nitrogens with zero attached hydrogens (tertiary/aromatic N) is 3. The molecule has 2 saturated carbocycles. The van der Waals surface area contributed by atoms with Gasteiger partial charge in [0.2, 0.25) is 5.95 Å². The smallest absolute Gasteiger partial charge is 0.226 e. The number of hydrogen-bond donors (Lipinski definition) is 1. The molecule has 0 spiro atoms. The SMILES string of the molecule is C=CCN(c1ncc(CNC2CC2)c(C)n1)C1CC1. The van der Waals surface area contributed by atoms with Crippen LogP contribution in [-0.4, -0.2) is 28.6 Å². The number of hydrogen-bond acceptors (Lipinski definition) is 4. The lowest BCUT2D eigenvalue weighted by atomic mass is 10.2. The maximum Gasteiger partial charge on any atom is 0.226 e. The topological polar surface area (TPSA) is 41.1 Å². The van der Waals surface area contributed by atoms with E-state index in [0.29, 0.717) is 6.04 Å². The Morgan fingerprint density at radius 1 is 1.42 bits per heavy atom. The lowest BCUT2D eigenvalue weighted by Gasteiger charge is -2.21. The van der Waals surface area contributed by atoms with Crippen LogP contribution in [0.25, 0.3) is 0 Å². The summed E-state index contributed by atoms with van der Waals surface area (Å²) in [5.74, 6) is 0.857. The Hall–Kier alpha value is -1.42. The van der Waals surface area contributed by atoms with Crippen LogP contribution in [0.4, 0.5) is 5.95 Å². The van der Waals surface area contributed by atoms with E-state index < -0.39 is 0 Å². The second-order valence-electron chi connectivity index (χ2n) is 5.61. The maximum absolute atomic E-state index is 4.68. The van der Waals surface area contributed by atoms with E-state index >= 15 is 0 Å². The molecule has 0 atom stereocenters. The first-order valence-electron chi connectivity index (χ1n) is 7.21. The predicted octanol–water partition coefficient (Wildman–Crippen LogP) is 2.19. The van der Waals surface area contributed by atoms with Crippen molar-refractivity contribution in [1.29, 1.82) is 0 Å². The molecule has 4 heteroatoms. The summed E-state index contributed by atoms with van der Waals surface area (Å²) in [6.45, 7) is 7.63. The summed E-state index contributed by atoms with van der Waals surface area (Å²) >= 11 is 0. The van der Waals surface area contributed by atoms with Crippen molar-refractivity contribution in [3.63, 3.8) is 0 Å². The number of rotatable bonds is 7. The monoisotopic (exact) mass is 258 g/mol. The molecule has 4 nitrogen and oxygen atoms in total. The molecule has 3 rings (SSSR count). The van der Waals surface area contributed by atoms with E-state index in [0.717, 1.165) is 30.8 Å². The molecule has 0 amide bonds. The molecular formula is C15H22N4. The van der Waals surface area contributed by atoms with Crippen molar-refractivity contribution >= 4 is 5.95 Å². The molecule has 0 aliphatic heterocycles. The van der Waals surface area contributed by atoms with E-state index in [-0.39, 0.29) is 0 Å². The minimum absolute atomic E-state index is 0.618. The van der Waals surface area contributed by atoms with E-state index in [4.69, 9.17) is 0 Å². The van der Waals surface area contributed by atoms with Crippen LogP contribution in [0, 0.1) is 6.92 Å². The highest BCUT2D eigenvalue weighted by molar-refractivity contribution is 5.37. The van der Waals surface area contributed by atoms with Crippen LogP contribution in [0.3, 0.4) is 0 Å². The van der Waals surface area contributed by atoms with Crippen LogP contribution >= 0.6 is 0 Å². The number of aromatic nitrogens is 2. The summed E-state index contributed by atoms with van der Waals surface area (Å²) in [4.78, 5) is 11.5. The second kappa shape index (κ2) is 5.29. The lowest BCUT2D eigenvalue weighted by Crippen LogP contribution is -2.28.